The van der Waals surface area contributed by atoms with Crippen molar-refractivity contribution in [3.63, 3.8) is 0 Å². The van der Waals surface area contributed by atoms with Gasteiger partial charge in [0.15, 0.2) is 0 Å². The molecule has 0 radical (unpaired) electrons. The lowest BCUT2D eigenvalue weighted by molar-refractivity contribution is 0.625. The Labute approximate surface area is 99.4 Å². The number of hydrogen-bond donors (Lipinski definition) is 0. The van der Waals surface area contributed by atoms with Gasteiger partial charge in [-0.2, -0.15) is 0 Å². The summed E-state index contributed by atoms with van der Waals surface area (Å²) in [7, 11) is 0. The first-order chi connectivity index (χ1) is 7.19. The van der Waals surface area contributed by atoms with Crippen molar-refractivity contribution < 1.29 is 4.39 Å². The zero-order valence-corrected chi connectivity index (χ0v) is 10.8. The lowest BCUT2D eigenvalue weighted by atomic mass is 10.2. The van der Waals surface area contributed by atoms with E-state index in [4.69, 9.17) is 0 Å². The predicted molar refractivity (Wildman–Crippen MR) is 66.9 cm³/mol. The maximum Gasteiger partial charge on any atom is 0.125 e. The highest BCUT2D eigenvalue weighted by atomic mass is 79.9. The van der Waals surface area contributed by atoms with E-state index in [1.165, 1.54) is 6.07 Å². The molecule has 0 N–H and O–H groups in total. The van der Waals surface area contributed by atoms with Gasteiger partial charge in [-0.25, -0.2) is 4.39 Å². The lowest BCUT2D eigenvalue weighted by Gasteiger charge is -2.24. The Balaban J connectivity index is 2.93. The van der Waals surface area contributed by atoms with Crippen LogP contribution in [0, 0.1) is 5.82 Å². The highest BCUT2D eigenvalue weighted by Gasteiger charge is 2.09. The molecule has 0 aliphatic heterocycles. The summed E-state index contributed by atoms with van der Waals surface area (Å²) in [5.41, 5.74) is 0.957. The van der Waals surface area contributed by atoms with Crippen LogP contribution in [0.15, 0.2) is 22.7 Å². The third kappa shape index (κ3) is 3.49. The molecule has 0 aliphatic rings. The summed E-state index contributed by atoms with van der Waals surface area (Å²) in [5, 5.41) is 0. The van der Waals surface area contributed by atoms with E-state index in [0.717, 1.165) is 36.1 Å². The van der Waals surface area contributed by atoms with Crippen LogP contribution in [0.3, 0.4) is 0 Å². The average molecular weight is 274 g/mol. The Hall–Kier alpha value is -0.570. The van der Waals surface area contributed by atoms with Crippen LogP contribution in [0.2, 0.25) is 0 Å². The van der Waals surface area contributed by atoms with Gasteiger partial charge in [-0.1, -0.05) is 13.8 Å². The molecule has 0 atom stereocenters. The van der Waals surface area contributed by atoms with Crippen LogP contribution < -0.4 is 4.90 Å². The summed E-state index contributed by atoms with van der Waals surface area (Å²) in [5.74, 6) is -0.176. The molecule has 3 heteroatoms. The Bertz CT molecular complexity index is 308. The number of hydrogen-bond acceptors (Lipinski definition) is 1. The van der Waals surface area contributed by atoms with E-state index in [1.54, 1.807) is 12.1 Å². The van der Waals surface area contributed by atoms with Crippen LogP contribution in [0.5, 0.6) is 0 Å². The molecule has 0 aliphatic carbocycles. The molecule has 1 aromatic rings. The molecule has 0 unspecified atom stereocenters. The summed E-state index contributed by atoms with van der Waals surface area (Å²) in [6, 6.07) is 4.84. The van der Waals surface area contributed by atoms with Crippen LogP contribution in [-0.4, -0.2) is 13.1 Å². The standard InChI is InChI=1S/C12H17BrFN/c1-3-7-15(8-4-2)12-9-10(14)5-6-11(12)13/h5-6,9H,3-4,7-8H2,1-2H3. The van der Waals surface area contributed by atoms with Crippen molar-refractivity contribution in [2.45, 2.75) is 26.7 Å². The van der Waals surface area contributed by atoms with Crippen molar-refractivity contribution in [2.24, 2.45) is 0 Å². The van der Waals surface area contributed by atoms with Gasteiger partial charge in [-0.05, 0) is 47.0 Å². The minimum absolute atomic E-state index is 0.176. The van der Waals surface area contributed by atoms with Crippen molar-refractivity contribution in [2.75, 3.05) is 18.0 Å². The van der Waals surface area contributed by atoms with E-state index in [2.05, 4.69) is 34.7 Å². The van der Waals surface area contributed by atoms with Crippen molar-refractivity contribution in [3.8, 4) is 0 Å². The maximum atomic E-state index is 13.1. The van der Waals surface area contributed by atoms with E-state index in [0.29, 0.717) is 0 Å². The molecule has 0 bridgehead atoms. The fourth-order valence-corrected chi connectivity index (χ4v) is 2.12. The van der Waals surface area contributed by atoms with Gasteiger partial charge in [0, 0.05) is 17.6 Å². The number of halogens is 2. The molecule has 0 fully saturated rings. The molecule has 0 amide bonds. The largest absolute Gasteiger partial charge is 0.371 e. The van der Waals surface area contributed by atoms with E-state index in [1.807, 2.05) is 0 Å². The SMILES string of the molecule is CCCN(CCC)c1cc(F)ccc1Br. The number of benzene rings is 1. The quantitative estimate of drug-likeness (QED) is 0.777. The van der Waals surface area contributed by atoms with Crippen molar-refractivity contribution in [1.29, 1.82) is 0 Å². The van der Waals surface area contributed by atoms with Crippen LogP contribution in [0.25, 0.3) is 0 Å². The second kappa shape index (κ2) is 6.11. The monoisotopic (exact) mass is 273 g/mol. The molecule has 15 heavy (non-hydrogen) atoms. The Morgan fingerprint density at radius 1 is 1.20 bits per heavy atom. The first-order valence-corrected chi connectivity index (χ1v) is 6.18. The van der Waals surface area contributed by atoms with Gasteiger partial charge in [0.1, 0.15) is 5.82 Å². The molecular formula is C12H17BrFN. The molecule has 0 aromatic heterocycles. The smallest absolute Gasteiger partial charge is 0.125 e. The summed E-state index contributed by atoms with van der Waals surface area (Å²) in [6.45, 7) is 6.21. The first kappa shape index (κ1) is 12.5. The summed E-state index contributed by atoms with van der Waals surface area (Å²) < 4.78 is 14.1. The third-order valence-electron chi connectivity index (χ3n) is 2.24. The average Bonchev–Trinajstić information content (AvgIpc) is 2.21. The molecule has 0 heterocycles. The van der Waals surface area contributed by atoms with Crippen molar-refractivity contribution >= 4 is 21.6 Å². The first-order valence-electron chi connectivity index (χ1n) is 5.39. The van der Waals surface area contributed by atoms with Crippen molar-refractivity contribution in [1.82, 2.24) is 0 Å². The number of nitrogens with zero attached hydrogens (tertiary/aromatic N) is 1. The van der Waals surface area contributed by atoms with Gasteiger partial charge in [-0.3, -0.25) is 0 Å². The minimum Gasteiger partial charge on any atom is -0.371 e. The molecular weight excluding hydrogens is 257 g/mol. The zero-order chi connectivity index (χ0) is 11.3. The molecule has 1 aromatic carbocycles. The highest BCUT2D eigenvalue weighted by molar-refractivity contribution is 9.10. The molecule has 1 nitrogen and oxygen atoms in total. The fourth-order valence-electron chi connectivity index (χ4n) is 1.62. The van der Waals surface area contributed by atoms with Gasteiger partial charge in [-0.15, -0.1) is 0 Å². The van der Waals surface area contributed by atoms with Gasteiger partial charge in [0.25, 0.3) is 0 Å². The van der Waals surface area contributed by atoms with E-state index >= 15 is 0 Å². The van der Waals surface area contributed by atoms with Gasteiger partial charge in [0.2, 0.25) is 0 Å². The molecule has 84 valence electrons. The van der Waals surface area contributed by atoms with Gasteiger partial charge in [0.05, 0.1) is 5.69 Å². The fraction of sp³-hybridized carbons (Fsp3) is 0.500. The molecule has 0 spiro atoms. The van der Waals surface area contributed by atoms with Gasteiger partial charge >= 0.3 is 0 Å². The van der Waals surface area contributed by atoms with E-state index in [-0.39, 0.29) is 5.82 Å². The maximum absolute atomic E-state index is 13.1. The van der Waals surface area contributed by atoms with Crippen LogP contribution in [0.4, 0.5) is 10.1 Å². The van der Waals surface area contributed by atoms with E-state index in [9.17, 15) is 4.39 Å². The second-order valence-electron chi connectivity index (χ2n) is 3.58. The highest BCUT2D eigenvalue weighted by Crippen LogP contribution is 2.27. The zero-order valence-electron chi connectivity index (χ0n) is 9.26. The topological polar surface area (TPSA) is 3.24 Å². The molecule has 0 saturated heterocycles. The Morgan fingerprint density at radius 2 is 1.80 bits per heavy atom. The van der Waals surface area contributed by atoms with Crippen LogP contribution in [-0.2, 0) is 0 Å². The summed E-state index contributed by atoms with van der Waals surface area (Å²) >= 11 is 3.46. The summed E-state index contributed by atoms with van der Waals surface area (Å²) in [6.07, 6.45) is 2.14. The van der Waals surface area contributed by atoms with Crippen molar-refractivity contribution in [3.05, 3.63) is 28.5 Å². The van der Waals surface area contributed by atoms with Crippen LogP contribution >= 0.6 is 15.9 Å². The minimum atomic E-state index is -0.176. The normalized spacial score (nSPS) is 10.4. The third-order valence-corrected chi connectivity index (χ3v) is 2.91. The van der Waals surface area contributed by atoms with E-state index < -0.39 is 0 Å². The summed E-state index contributed by atoms with van der Waals surface area (Å²) in [4.78, 5) is 2.22. The Morgan fingerprint density at radius 3 is 2.33 bits per heavy atom. The second-order valence-corrected chi connectivity index (χ2v) is 4.44. The number of rotatable bonds is 5. The predicted octanol–water partition coefficient (Wildman–Crippen LogP) is 4.21. The lowest BCUT2D eigenvalue weighted by Crippen LogP contribution is -2.25. The number of anilines is 1. The Kier molecular flexibility index (Phi) is 5.09. The molecule has 1 rings (SSSR count). The van der Waals surface area contributed by atoms with Gasteiger partial charge < -0.3 is 4.90 Å². The van der Waals surface area contributed by atoms with Crippen LogP contribution in [0.1, 0.15) is 26.7 Å². The molecule has 0 saturated carbocycles.